The largest absolute Gasteiger partial charge is 0.410 e. The van der Waals surface area contributed by atoms with Crippen LogP contribution in [0.15, 0.2) is 24.3 Å². The van der Waals surface area contributed by atoms with Gasteiger partial charge in [-0.2, -0.15) is 0 Å². The average Bonchev–Trinajstić information content (AvgIpc) is 2.37. The minimum Gasteiger partial charge on any atom is -0.410 e. The Balaban J connectivity index is 2.28. The molecule has 0 spiro atoms. The van der Waals surface area contributed by atoms with Crippen LogP contribution in [0.2, 0.25) is 19.6 Å². The zero-order valence-corrected chi connectivity index (χ0v) is 13.5. The van der Waals surface area contributed by atoms with Crippen LogP contribution in [0.1, 0.15) is 37.4 Å². The Hall–Kier alpha value is -1.00. The molecule has 110 valence electrons. The lowest BCUT2D eigenvalue weighted by atomic mass is 9.82. The van der Waals surface area contributed by atoms with Gasteiger partial charge in [0.15, 0.2) is 8.32 Å². The van der Waals surface area contributed by atoms with Crippen molar-refractivity contribution in [1.29, 1.82) is 0 Å². The molecule has 0 bridgehead atoms. The number of rotatable bonds is 4. The minimum atomic E-state index is -1.78. The molecule has 1 fully saturated rings. The molecule has 2 atom stereocenters. The molecule has 0 aliphatic heterocycles. The Morgan fingerprint density at radius 2 is 1.85 bits per heavy atom. The van der Waals surface area contributed by atoms with Crippen molar-refractivity contribution in [3.05, 3.63) is 35.6 Å². The lowest BCUT2D eigenvalue weighted by Gasteiger charge is -2.34. The van der Waals surface area contributed by atoms with Gasteiger partial charge in [0, 0.05) is 12.3 Å². The molecular formula is C16H23FO2Si. The molecule has 2 nitrogen and oxygen atoms in total. The highest BCUT2D eigenvalue weighted by Gasteiger charge is 2.34. The zero-order valence-electron chi connectivity index (χ0n) is 12.5. The van der Waals surface area contributed by atoms with E-state index in [1.807, 2.05) is 0 Å². The van der Waals surface area contributed by atoms with Gasteiger partial charge in [0.05, 0.1) is 6.10 Å². The molecule has 1 aliphatic carbocycles. The number of ketones is 1. The SMILES string of the molecule is C[Si](C)(C)O[C@@H](c1ccc(F)cc1)[C@@H]1CCCCC1=O. The van der Waals surface area contributed by atoms with Gasteiger partial charge >= 0.3 is 0 Å². The number of hydrogen-bond acceptors (Lipinski definition) is 2. The first kappa shape index (κ1) is 15.4. The molecule has 1 aromatic carbocycles. The average molecular weight is 294 g/mol. The van der Waals surface area contributed by atoms with Crippen LogP contribution in [-0.4, -0.2) is 14.1 Å². The summed E-state index contributed by atoms with van der Waals surface area (Å²) in [5.74, 6) is -0.0276. The van der Waals surface area contributed by atoms with E-state index in [4.69, 9.17) is 4.43 Å². The summed E-state index contributed by atoms with van der Waals surface area (Å²) in [6.07, 6.45) is 3.37. The molecule has 1 aromatic rings. The maximum absolute atomic E-state index is 13.1. The van der Waals surface area contributed by atoms with Crippen LogP contribution in [0, 0.1) is 11.7 Å². The summed E-state index contributed by atoms with van der Waals surface area (Å²) in [5, 5.41) is 0. The van der Waals surface area contributed by atoms with Crippen molar-refractivity contribution in [1.82, 2.24) is 0 Å². The summed E-state index contributed by atoms with van der Waals surface area (Å²) in [4.78, 5) is 12.2. The van der Waals surface area contributed by atoms with Gasteiger partial charge in [0.1, 0.15) is 11.6 Å². The van der Waals surface area contributed by atoms with Gasteiger partial charge in [-0.1, -0.05) is 18.6 Å². The molecule has 0 radical (unpaired) electrons. The van der Waals surface area contributed by atoms with Crippen molar-refractivity contribution < 1.29 is 13.6 Å². The van der Waals surface area contributed by atoms with Crippen LogP contribution in [0.25, 0.3) is 0 Å². The van der Waals surface area contributed by atoms with Crippen LogP contribution >= 0.6 is 0 Å². The highest BCUT2D eigenvalue weighted by atomic mass is 28.4. The number of carbonyl (C=O) groups is 1. The first-order valence-electron chi connectivity index (χ1n) is 7.33. The minimum absolute atomic E-state index is 0.0686. The predicted molar refractivity (Wildman–Crippen MR) is 80.5 cm³/mol. The second kappa shape index (κ2) is 6.18. The fourth-order valence-corrected chi connectivity index (χ4v) is 3.81. The van der Waals surface area contributed by atoms with E-state index in [9.17, 15) is 9.18 Å². The van der Waals surface area contributed by atoms with Crippen molar-refractivity contribution in [3.63, 3.8) is 0 Å². The first-order chi connectivity index (χ1) is 9.37. The maximum atomic E-state index is 13.1. The molecule has 1 aliphatic rings. The van der Waals surface area contributed by atoms with Gasteiger partial charge < -0.3 is 4.43 Å². The van der Waals surface area contributed by atoms with Gasteiger partial charge in [0.2, 0.25) is 0 Å². The third-order valence-corrected chi connectivity index (χ3v) is 4.61. The standard InChI is InChI=1S/C16H23FO2Si/c1-20(2,3)19-16(12-8-10-13(17)11-9-12)14-6-4-5-7-15(14)18/h8-11,14,16H,4-7H2,1-3H3/t14-,16+/m1/s1. The van der Waals surface area contributed by atoms with Gasteiger partial charge in [-0.05, 0) is 50.2 Å². The molecule has 1 saturated carbocycles. The highest BCUT2D eigenvalue weighted by molar-refractivity contribution is 6.69. The summed E-state index contributed by atoms with van der Waals surface area (Å²) in [7, 11) is -1.78. The second-order valence-electron chi connectivity index (χ2n) is 6.52. The fourth-order valence-electron chi connectivity index (χ4n) is 2.75. The van der Waals surface area contributed by atoms with Crippen molar-refractivity contribution in [3.8, 4) is 0 Å². The normalized spacial score (nSPS) is 21.8. The van der Waals surface area contributed by atoms with Crippen LogP contribution in [0.4, 0.5) is 4.39 Å². The van der Waals surface area contributed by atoms with E-state index in [1.165, 1.54) is 12.1 Å². The van der Waals surface area contributed by atoms with E-state index in [0.29, 0.717) is 12.2 Å². The van der Waals surface area contributed by atoms with E-state index in [1.54, 1.807) is 12.1 Å². The van der Waals surface area contributed by atoms with Crippen molar-refractivity contribution in [2.45, 2.75) is 51.4 Å². The van der Waals surface area contributed by atoms with Crippen molar-refractivity contribution in [2.24, 2.45) is 5.92 Å². The Bertz CT molecular complexity index is 464. The quantitative estimate of drug-likeness (QED) is 0.765. The summed E-state index contributed by atoms with van der Waals surface area (Å²) in [5.41, 5.74) is 0.925. The number of halogens is 1. The van der Waals surface area contributed by atoms with Gasteiger partial charge in [-0.3, -0.25) is 4.79 Å². The number of Topliss-reactive ketones (excluding diaryl/α,β-unsaturated/α-hetero) is 1. The van der Waals surface area contributed by atoms with Crippen LogP contribution in [-0.2, 0) is 9.22 Å². The molecule has 0 amide bonds. The second-order valence-corrected chi connectivity index (χ2v) is 11.0. The molecular weight excluding hydrogens is 271 g/mol. The Morgan fingerprint density at radius 1 is 1.20 bits per heavy atom. The van der Waals surface area contributed by atoms with Gasteiger partial charge in [-0.15, -0.1) is 0 Å². The molecule has 0 saturated heterocycles. The van der Waals surface area contributed by atoms with Crippen LogP contribution in [0.5, 0.6) is 0 Å². The Kier molecular flexibility index (Phi) is 4.76. The molecule has 0 aromatic heterocycles. The highest BCUT2D eigenvalue weighted by Crippen LogP contribution is 2.36. The van der Waals surface area contributed by atoms with E-state index < -0.39 is 8.32 Å². The van der Waals surface area contributed by atoms with Crippen LogP contribution in [0.3, 0.4) is 0 Å². The summed E-state index contributed by atoms with van der Waals surface area (Å²) in [6.45, 7) is 6.37. The van der Waals surface area contributed by atoms with E-state index in [0.717, 1.165) is 24.8 Å². The summed E-state index contributed by atoms with van der Waals surface area (Å²) in [6, 6.07) is 6.40. The monoisotopic (exact) mass is 294 g/mol. The third-order valence-electron chi connectivity index (χ3n) is 3.65. The smallest absolute Gasteiger partial charge is 0.184 e. The van der Waals surface area contributed by atoms with E-state index in [-0.39, 0.29) is 17.8 Å². The van der Waals surface area contributed by atoms with Crippen molar-refractivity contribution >= 4 is 14.1 Å². The zero-order chi connectivity index (χ0) is 14.8. The third kappa shape index (κ3) is 3.99. The predicted octanol–water partition coefficient (Wildman–Crippen LogP) is 4.48. The number of hydrogen-bond donors (Lipinski definition) is 0. The lowest BCUT2D eigenvalue weighted by molar-refractivity contribution is -0.128. The molecule has 20 heavy (non-hydrogen) atoms. The van der Waals surface area contributed by atoms with Crippen molar-refractivity contribution in [2.75, 3.05) is 0 Å². The molecule has 4 heteroatoms. The lowest BCUT2D eigenvalue weighted by Crippen LogP contribution is -2.35. The van der Waals surface area contributed by atoms with E-state index in [2.05, 4.69) is 19.6 Å². The fraction of sp³-hybridized carbons (Fsp3) is 0.562. The first-order valence-corrected chi connectivity index (χ1v) is 10.7. The Morgan fingerprint density at radius 3 is 2.40 bits per heavy atom. The molecule has 2 rings (SSSR count). The molecule has 0 unspecified atom stereocenters. The van der Waals surface area contributed by atoms with Crippen LogP contribution < -0.4 is 0 Å². The summed E-state index contributed by atoms with van der Waals surface area (Å²) < 4.78 is 19.4. The van der Waals surface area contributed by atoms with Gasteiger partial charge in [0.25, 0.3) is 0 Å². The van der Waals surface area contributed by atoms with Gasteiger partial charge in [-0.25, -0.2) is 4.39 Å². The maximum Gasteiger partial charge on any atom is 0.184 e. The Labute approximate surface area is 121 Å². The summed E-state index contributed by atoms with van der Waals surface area (Å²) >= 11 is 0. The number of benzene rings is 1. The topological polar surface area (TPSA) is 26.3 Å². The molecule has 0 heterocycles. The molecule has 0 N–H and O–H groups in total. The van der Waals surface area contributed by atoms with E-state index >= 15 is 0 Å². The number of carbonyl (C=O) groups excluding carboxylic acids is 1.